The normalized spacial score (nSPS) is 26.6. The summed E-state index contributed by atoms with van der Waals surface area (Å²) in [6, 6.07) is 9.57. The Bertz CT molecular complexity index is 366. The first kappa shape index (κ1) is 15.6. The molecule has 1 fully saturated rings. The number of rotatable bonds is 6. The lowest BCUT2D eigenvalue weighted by molar-refractivity contribution is 0.268. The van der Waals surface area contributed by atoms with Crippen LogP contribution >= 0.6 is 0 Å². The molecule has 1 aliphatic carbocycles. The van der Waals surface area contributed by atoms with E-state index in [0.717, 1.165) is 17.8 Å². The summed E-state index contributed by atoms with van der Waals surface area (Å²) >= 11 is 0. The molecule has 0 radical (unpaired) electrons. The third kappa shape index (κ3) is 4.65. The molecule has 2 rings (SSSR count). The Morgan fingerprint density at radius 3 is 2.10 bits per heavy atom. The van der Waals surface area contributed by atoms with Gasteiger partial charge in [-0.25, -0.2) is 0 Å². The lowest BCUT2D eigenvalue weighted by atomic mass is 9.74. The van der Waals surface area contributed by atoms with E-state index in [4.69, 9.17) is 0 Å². The van der Waals surface area contributed by atoms with Crippen LogP contribution in [0.4, 0.5) is 0 Å². The molecule has 0 saturated heterocycles. The summed E-state index contributed by atoms with van der Waals surface area (Å²) in [5, 5.41) is 0. The van der Waals surface area contributed by atoms with Crippen molar-refractivity contribution in [3.63, 3.8) is 0 Å². The molecule has 1 saturated carbocycles. The summed E-state index contributed by atoms with van der Waals surface area (Å²) in [4.78, 5) is 0. The third-order valence-corrected chi connectivity index (χ3v) is 4.95. The fourth-order valence-electron chi connectivity index (χ4n) is 3.93. The minimum Gasteiger partial charge on any atom is -0.0654 e. The Morgan fingerprint density at radius 2 is 1.50 bits per heavy atom. The van der Waals surface area contributed by atoms with Crippen LogP contribution in [0.2, 0.25) is 0 Å². The number of hydrogen-bond acceptors (Lipinski definition) is 0. The first-order chi connectivity index (χ1) is 9.69. The zero-order chi connectivity index (χ0) is 14.4. The van der Waals surface area contributed by atoms with Crippen LogP contribution in [-0.2, 0) is 6.42 Å². The molecule has 0 aliphatic heterocycles. The highest BCUT2D eigenvalue weighted by atomic mass is 14.3. The summed E-state index contributed by atoms with van der Waals surface area (Å²) < 4.78 is 0. The van der Waals surface area contributed by atoms with Gasteiger partial charge in [0.15, 0.2) is 0 Å². The molecule has 0 aromatic heterocycles. The fraction of sp³-hybridized carbons (Fsp3) is 0.700. The van der Waals surface area contributed by atoms with Crippen LogP contribution in [0, 0.1) is 11.8 Å². The van der Waals surface area contributed by atoms with Gasteiger partial charge in [0.1, 0.15) is 0 Å². The zero-order valence-electron chi connectivity index (χ0n) is 13.7. The van der Waals surface area contributed by atoms with Gasteiger partial charge in [0.05, 0.1) is 0 Å². The van der Waals surface area contributed by atoms with Crippen molar-refractivity contribution in [3.8, 4) is 0 Å². The molecule has 0 amide bonds. The second kappa shape index (κ2) is 7.86. The molecular weight excluding hydrogens is 240 g/mol. The average molecular weight is 272 g/mol. The molecule has 2 atom stereocenters. The van der Waals surface area contributed by atoms with Gasteiger partial charge in [-0.05, 0) is 61.0 Å². The number of aryl methyl sites for hydroxylation is 1. The predicted octanol–water partition coefficient (Wildman–Crippen LogP) is 6.35. The van der Waals surface area contributed by atoms with E-state index in [2.05, 4.69) is 45.0 Å². The van der Waals surface area contributed by atoms with Crippen LogP contribution in [0.25, 0.3) is 0 Å². The number of benzene rings is 1. The van der Waals surface area contributed by atoms with Crippen molar-refractivity contribution in [2.45, 2.75) is 78.1 Å². The maximum atomic E-state index is 2.42. The summed E-state index contributed by atoms with van der Waals surface area (Å²) in [5.41, 5.74) is 3.11. The Hall–Kier alpha value is -0.780. The first-order valence-electron chi connectivity index (χ1n) is 8.77. The van der Waals surface area contributed by atoms with Crippen LogP contribution in [0.5, 0.6) is 0 Å². The van der Waals surface area contributed by atoms with Crippen molar-refractivity contribution in [2.24, 2.45) is 11.8 Å². The molecule has 1 aliphatic rings. The zero-order valence-corrected chi connectivity index (χ0v) is 13.7. The summed E-state index contributed by atoms with van der Waals surface area (Å²) in [7, 11) is 0. The minimum absolute atomic E-state index is 0.808. The van der Waals surface area contributed by atoms with E-state index < -0.39 is 0 Å². The third-order valence-electron chi connectivity index (χ3n) is 4.95. The summed E-state index contributed by atoms with van der Waals surface area (Å²) in [6.07, 6.45) is 10.9. The van der Waals surface area contributed by atoms with Gasteiger partial charge >= 0.3 is 0 Å². The highest BCUT2D eigenvalue weighted by Crippen LogP contribution is 2.39. The van der Waals surface area contributed by atoms with Gasteiger partial charge in [0.25, 0.3) is 0 Å². The van der Waals surface area contributed by atoms with Gasteiger partial charge in [-0.3, -0.25) is 0 Å². The Balaban J connectivity index is 1.87. The highest BCUT2D eigenvalue weighted by Gasteiger charge is 2.24. The maximum absolute atomic E-state index is 2.42. The summed E-state index contributed by atoms with van der Waals surface area (Å²) in [6.45, 7) is 7.12. The van der Waals surface area contributed by atoms with Crippen LogP contribution in [-0.4, -0.2) is 0 Å². The number of hydrogen-bond donors (Lipinski definition) is 0. The van der Waals surface area contributed by atoms with Crippen molar-refractivity contribution >= 4 is 0 Å². The second-order valence-electron chi connectivity index (χ2n) is 7.17. The molecule has 0 N–H and O–H groups in total. The Morgan fingerprint density at radius 1 is 0.850 bits per heavy atom. The lowest BCUT2D eigenvalue weighted by Crippen LogP contribution is -2.18. The molecule has 1 aromatic rings. The van der Waals surface area contributed by atoms with Crippen molar-refractivity contribution in [1.29, 1.82) is 0 Å². The molecule has 0 bridgehead atoms. The Kier molecular flexibility index (Phi) is 6.13. The van der Waals surface area contributed by atoms with E-state index >= 15 is 0 Å². The highest BCUT2D eigenvalue weighted by molar-refractivity contribution is 5.26. The standard InChI is InChI=1S/C20H32/c1-4-5-6-7-8-18-9-11-19(12-10-18)20-14-16(2)13-17(3)15-20/h9-12,16-17,20H,4-8,13-15H2,1-3H3. The largest absolute Gasteiger partial charge is 0.0654 e. The van der Waals surface area contributed by atoms with Crippen molar-refractivity contribution in [1.82, 2.24) is 0 Å². The predicted molar refractivity (Wildman–Crippen MR) is 89.2 cm³/mol. The van der Waals surface area contributed by atoms with E-state index in [0.29, 0.717) is 0 Å². The topological polar surface area (TPSA) is 0 Å². The van der Waals surface area contributed by atoms with E-state index in [9.17, 15) is 0 Å². The van der Waals surface area contributed by atoms with Crippen LogP contribution in [0.1, 0.15) is 82.8 Å². The molecule has 0 nitrogen and oxygen atoms in total. The monoisotopic (exact) mass is 272 g/mol. The van der Waals surface area contributed by atoms with Gasteiger partial charge in [-0.15, -0.1) is 0 Å². The maximum Gasteiger partial charge on any atom is -0.0157 e. The van der Waals surface area contributed by atoms with Gasteiger partial charge in [0, 0.05) is 0 Å². The van der Waals surface area contributed by atoms with Crippen LogP contribution < -0.4 is 0 Å². The average Bonchev–Trinajstić information content (AvgIpc) is 2.43. The smallest absolute Gasteiger partial charge is 0.0157 e. The lowest BCUT2D eigenvalue weighted by Gasteiger charge is -2.31. The van der Waals surface area contributed by atoms with E-state index in [-0.39, 0.29) is 0 Å². The van der Waals surface area contributed by atoms with Crippen molar-refractivity contribution in [3.05, 3.63) is 35.4 Å². The molecule has 2 unspecified atom stereocenters. The second-order valence-corrected chi connectivity index (χ2v) is 7.17. The molecule has 0 heteroatoms. The Labute approximate surface area is 126 Å². The minimum atomic E-state index is 0.808. The van der Waals surface area contributed by atoms with Crippen molar-refractivity contribution in [2.75, 3.05) is 0 Å². The fourth-order valence-corrected chi connectivity index (χ4v) is 3.93. The van der Waals surface area contributed by atoms with Crippen LogP contribution in [0.15, 0.2) is 24.3 Å². The molecule has 20 heavy (non-hydrogen) atoms. The quantitative estimate of drug-likeness (QED) is 0.529. The molecule has 1 aromatic carbocycles. The van der Waals surface area contributed by atoms with Gasteiger partial charge in [0.2, 0.25) is 0 Å². The van der Waals surface area contributed by atoms with Crippen LogP contribution in [0.3, 0.4) is 0 Å². The van der Waals surface area contributed by atoms with E-state index in [1.54, 1.807) is 5.56 Å². The molecule has 0 spiro atoms. The number of unbranched alkanes of at least 4 members (excludes halogenated alkanes) is 3. The molecule has 112 valence electrons. The van der Waals surface area contributed by atoms with E-state index in [1.807, 2.05) is 0 Å². The first-order valence-corrected chi connectivity index (χ1v) is 8.77. The van der Waals surface area contributed by atoms with Gasteiger partial charge < -0.3 is 0 Å². The van der Waals surface area contributed by atoms with Gasteiger partial charge in [-0.2, -0.15) is 0 Å². The molecule has 0 heterocycles. The van der Waals surface area contributed by atoms with Crippen molar-refractivity contribution < 1.29 is 0 Å². The van der Waals surface area contributed by atoms with Gasteiger partial charge in [-0.1, -0.05) is 64.3 Å². The summed E-state index contributed by atoms with van der Waals surface area (Å²) in [5.74, 6) is 2.61. The molecular formula is C20H32. The van der Waals surface area contributed by atoms with E-state index in [1.165, 1.54) is 56.9 Å². The SMILES string of the molecule is CCCCCCc1ccc(C2CC(C)CC(C)C2)cc1.